The molecule has 0 spiro atoms. The molecule has 0 N–H and O–H groups in total. The molecular formula is C19H19BrO. The van der Waals surface area contributed by atoms with Crippen LogP contribution in [0.5, 0.6) is 0 Å². The van der Waals surface area contributed by atoms with Gasteiger partial charge in [-0.2, -0.15) is 0 Å². The van der Waals surface area contributed by atoms with Crippen molar-refractivity contribution in [2.45, 2.75) is 37.5 Å². The van der Waals surface area contributed by atoms with Crippen LogP contribution in [-0.4, -0.2) is 5.78 Å². The molecule has 1 aliphatic carbocycles. The first-order valence-electron chi connectivity index (χ1n) is 7.55. The van der Waals surface area contributed by atoms with Crippen molar-refractivity contribution in [3.05, 3.63) is 70.2 Å². The molecule has 1 nitrogen and oxygen atoms in total. The van der Waals surface area contributed by atoms with Gasteiger partial charge in [0.25, 0.3) is 0 Å². The molecule has 0 aliphatic heterocycles. The molecule has 0 heterocycles. The van der Waals surface area contributed by atoms with Gasteiger partial charge in [0.05, 0.1) is 5.41 Å². The number of rotatable bonds is 4. The maximum atomic E-state index is 13.1. The second-order valence-corrected chi connectivity index (χ2v) is 6.70. The van der Waals surface area contributed by atoms with Gasteiger partial charge in [-0.25, -0.2) is 0 Å². The van der Waals surface area contributed by atoms with E-state index in [1.54, 1.807) is 0 Å². The van der Waals surface area contributed by atoms with Gasteiger partial charge >= 0.3 is 0 Å². The fourth-order valence-corrected chi connectivity index (χ4v) is 3.87. The minimum Gasteiger partial charge on any atom is -0.298 e. The minimum atomic E-state index is -0.267. The highest BCUT2D eigenvalue weighted by Crippen LogP contribution is 2.42. The average Bonchev–Trinajstić information content (AvgIpc) is 3.01. The summed E-state index contributed by atoms with van der Waals surface area (Å²) in [5.41, 5.74) is 2.01. The van der Waals surface area contributed by atoms with Crippen molar-refractivity contribution in [2.75, 3.05) is 0 Å². The third kappa shape index (κ3) is 2.82. The van der Waals surface area contributed by atoms with Gasteiger partial charge in [0, 0.05) is 10.9 Å². The molecule has 0 unspecified atom stereocenters. The molecule has 1 fully saturated rings. The summed E-state index contributed by atoms with van der Waals surface area (Å²) in [7, 11) is 0. The molecule has 0 bridgehead atoms. The first kappa shape index (κ1) is 14.5. The zero-order valence-electron chi connectivity index (χ0n) is 12.0. The van der Waals surface area contributed by atoms with Crippen LogP contribution >= 0.6 is 15.9 Å². The lowest BCUT2D eigenvalue weighted by Gasteiger charge is -2.28. The Morgan fingerprint density at radius 1 is 0.952 bits per heavy atom. The topological polar surface area (TPSA) is 17.1 Å². The zero-order chi connectivity index (χ0) is 14.7. The van der Waals surface area contributed by atoms with E-state index in [0.29, 0.717) is 12.2 Å². The van der Waals surface area contributed by atoms with Crippen LogP contribution in [0, 0.1) is 0 Å². The van der Waals surface area contributed by atoms with Crippen LogP contribution in [0.15, 0.2) is 59.1 Å². The predicted octanol–water partition coefficient (Wildman–Crippen LogP) is 5.07. The van der Waals surface area contributed by atoms with Gasteiger partial charge in [0.1, 0.15) is 5.78 Å². The van der Waals surface area contributed by atoms with Crippen molar-refractivity contribution in [2.24, 2.45) is 0 Å². The smallest absolute Gasteiger partial charge is 0.147 e. The normalized spacial score (nSPS) is 16.8. The molecule has 0 amide bonds. The Bertz CT molecular complexity index is 627. The molecule has 0 saturated heterocycles. The van der Waals surface area contributed by atoms with E-state index in [4.69, 9.17) is 0 Å². The summed E-state index contributed by atoms with van der Waals surface area (Å²) in [5.74, 6) is 0.359. The second-order valence-electron chi connectivity index (χ2n) is 5.85. The highest BCUT2D eigenvalue weighted by Gasteiger charge is 2.41. The monoisotopic (exact) mass is 342 g/mol. The molecule has 21 heavy (non-hydrogen) atoms. The maximum Gasteiger partial charge on any atom is 0.147 e. The number of benzene rings is 2. The van der Waals surface area contributed by atoms with Gasteiger partial charge in [-0.15, -0.1) is 0 Å². The van der Waals surface area contributed by atoms with Gasteiger partial charge < -0.3 is 0 Å². The SMILES string of the molecule is O=C(Cc1ccccc1Br)C1(c2ccccc2)CCCC1. The highest BCUT2D eigenvalue weighted by molar-refractivity contribution is 9.10. The summed E-state index contributed by atoms with van der Waals surface area (Å²) in [5, 5.41) is 0. The largest absolute Gasteiger partial charge is 0.298 e. The van der Waals surface area contributed by atoms with Gasteiger partial charge in [0.15, 0.2) is 0 Å². The van der Waals surface area contributed by atoms with Crippen molar-refractivity contribution in [3.63, 3.8) is 0 Å². The minimum absolute atomic E-state index is 0.267. The third-order valence-corrected chi connectivity index (χ3v) is 5.40. The number of carbonyl (C=O) groups excluding carboxylic acids is 1. The Kier molecular flexibility index (Phi) is 4.25. The number of carbonyl (C=O) groups is 1. The summed E-state index contributed by atoms with van der Waals surface area (Å²) < 4.78 is 1.03. The van der Waals surface area contributed by atoms with E-state index in [2.05, 4.69) is 28.1 Å². The van der Waals surface area contributed by atoms with Crippen LogP contribution in [0.25, 0.3) is 0 Å². The van der Waals surface area contributed by atoms with Crippen molar-refractivity contribution >= 4 is 21.7 Å². The van der Waals surface area contributed by atoms with Gasteiger partial charge in [-0.1, -0.05) is 77.3 Å². The summed E-state index contributed by atoms with van der Waals surface area (Å²) in [6.45, 7) is 0. The fraction of sp³-hybridized carbons (Fsp3) is 0.316. The molecule has 1 saturated carbocycles. The van der Waals surface area contributed by atoms with E-state index >= 15 is 0 Å². The molecule has 3 rings (SSSR count). The Hall–Kier alpha value is -1.41. The van der Waals surface area contributed by atoms with E-state index in [-0.39, 0.29) is 5.41 Å². The Balaban J connectivity index is 1.92. The summed E-state index contributed by atoms with van der Waals surface area (Å²) in [4.78, 5) is 13.1. The molecule has 108 valence electrons. The van der Waals surface area contributed by atoms with Crippen LogP contribution < -0.4 is 0 Å². The van der Waals surface area contributed by atoms with Gasteiger partial charge in [-0.3, -0.25) is 4.79 Å². The highest BCUT2D eigenvalue weighted by atomic mass is 79.9. The van der Waals surface area contributed by atoms with Gasteiger partial charge in [0.2, 0.25) is 0 Å². The Morgan fingerprint density at radius 3 is 2.24 bits per heavy atom. The molecule has 0 aromatic heterocycles. The van der Waals surface area contributed by atoms with E-state index in [1.165, 1.54) is 5.56 Å². The number of hydrogen-bond donors (Lipinski definition) is 0. The first-order chi connectivity index (χ1) is 10.2. The second kappa shape index (κ2) is 6.15. The molecule has 2 heteroatoms. The van der Waals surface area contributed by atoms with Crippen molar-refractivity contribution < 1.29 is 4.79 Å². The molecule has 0 atom stereocenters. The Labute approximate surface area is 134 Å². The lowest BCUT2D eigenvalue weighted by atomic mass is 9.73. The number of Topliss-reactive ketones (excluding diaryl/α,β-unsaturated/α-hetero) is 1. The molecular weight excluding hydrogens is 324 g/mol. The van der Waals surface area contributed by atoms with Crippen LogP contribution in [0.3, 0.4) is 0 Å². The number of halogens is 1. The van der Waals surface area contributed by atoms with Gasteiger partial charge in [-0.05, 0) is 30.0 Å². The lowest BCUT2D eigenvalue weighted by Crippen LogP contribution is -2.34. The quantitative estimate of drug-likeness (QED) is 0.757. The van der Waals surface area contributed by atoms with Crippen LogP contribution in [-0.2, 0) is 16.6 Å². The summed E-state index contributed by atoms with van der Waals surface area (Å²) >= 11 is 3.56. The van der Waals surface area contributed by atoms with E-state index in [9.17, 15) is 4.79 Å². The molecule has 2 aromatic carbocycles. The summed E-state index contributed by atoms with van der Waals surface area (Å²) in [6.07, 6.45) is 4.78. The Morgan fingerprint density at radius 2 is 1.57 bits per heavy atom. The third-order valence-electron chi connectivity index (χ3n) is 4.63. The maximum absolute atomic E-state index is 13.1. The van der Waals surface area contributed by atoms with E-state index < -0.39 is 0 Å². The first-order valence-corrected chi connectivity index (χ1v) is 8.34. The van der Waals surface area contributed by atoms with Crippen LogP contribution in [0.1, 0.15) is 36.8 Å². The van der Waals surface area contributed by atoms with Crippen LogP contribution in [0.4, 0.5) is 0 Å². The molecule has 2 aromatic rings. The fourth-order valence-electron chi connectivity index (χ4n) is 3.45. The van der Waals surface area contributed by atoms with Crippen molar-refractivity contribution in [1.29, 1.82) is 0 Å². The predicted molar refractivity (Wildman–Crippen MR) is 89.4 cm³/mol. The number of hydrogen-bond acceptors (Lipinski definition) is 1. The lowest BCUT2D eigenvalue weighted by molar-refractivity contribution is -0.123. The molecule has 0 radical (unpaired) electrons. The molecule has 1 aliphatic rings. The van der Waals surface area contributed by atoms with E-state index in [0.717, 1.165) is 35.7 Å². The van der Waals surface area contributed by atoms with Crippen molar-refractivity contribution in [3.8, 4) is 0 Å². The average molecular weight is 343 g/mol. The van der Waals surface area contributed by atoms with Crippen molar-refractivity contribution in [1.82, 2.24) is 0 Å². The van der Waals surface area contributed by atoms with E-state index in [1.807, 2.05) is 42.5 Å². The standard InChI is InChI=1S/C19H19BrO/c20-17-11-5-4-8-15(17)14-18(21)19(12-6-7-13-19)16-9-2-1-3-10-16/h1-5,8-11H,6-7,12-14H2. The van der Waals surface area contributed by atoms with Crippen LogP contribution in [0.2, 0.25) is 0 Å². The summed E-state index contributed by atoms with van der Waals surface area (Å²) in [6, 6.07) is 18.4. The number of ketones is 1. The zero-order valence-corrected chi connectivity index (χ0v) is 13.6.